The summed E-state index contributed by atoms with van der Waals surface area (Å²) < 4.78 is 0. The predicted molar refractivity (Wildman–Crippen MR) is 144 cm³/mol. The third kappa shape index (κ3) is 5.49. The van der Waals surface area contributed by atoms with Gasteiger partial charge in [0.15, 0.2) is 5.17 Å². The van der Waals surface area contributed by atoms with Gasteiger partial charge < -0.3 is 15.5 Å². The molecule has 0 aromatic heterocycles. The van der Waals surface area contributed by atoms with Crippen molar-refractivity contribution >= 4 is 46.0 Å². The quantitative estimate of drug-likeness (QED) is 0.498. The van der Waals surface area contributed by atoms with E-state index < -0.39 is 5.25 Å². The zero-order valence-electron chi connectivity index (χ0n) is 19.6. The van der Waals surface area contributed by atoms with Crippen LogP contribution in [0, 0.1) is 0 Å². The fraction of sp³-hybridized carbons (Fsp3) is 0.214. The van der Waals surface area contributed by atoms with Crippen LogP contribution in [0.25, 0.3) is 11.1 Å². The molecule has 0 spiro atoms. The molecule has 3 amide bonds. The highest BCUT2D eigenvalue weighted by molar-refractivity contribution is 8.15. The number of hydrogen-bond acceptors (Lipinski definition) is 5. The molecule has 1 fully saturated rings. The number of benzene rings is 3. The summed E-state index contributed by atoms with van der Waals surface area (Å²) >= 11 is 1.37. The van der Waals surface area contributed by atoms with E-state index in [1.54, 1.807) is 24.3 Å². The second-order valence-electron chi connectivity index (χ2n) is 8.73. The van der Waals surface area contributed by atoms with Crippen molar-refractivity contribution in [2.45, 2.75) is 24.5 Å². The third-order valence-electron chi connectivity index (χ3n) is 6.17. The van der Waals surface area contributed by atoms with Crippen LogP contribution < -0.4 is 10.6 Å². The van der Waals surface area contributed by atoms with Crippen molar-refractivity contribution in [2.75, 3.05) is 23.7 Å². The number of nitrogens with zero attached hydrogens (tertiary/aromatic N) is 2. The maximum Gasteiger partial charge on any atom is 0.262 e. The molecular formula is C28H26N4O3S. The summed E-state index contributed by atoms with van der Waals surface area (Å²) in [6.07, 6.45) is 2.27. The predicted octanol–water partition coefficient (Wildman–Crippen LogP) is 5.03. The van der Waals surface area contributed by atoms with Gasteiger partial charge in [0.1, 0.15) is 5.25 Å². The first kappa shape index (κ1) is 23.8. The number of anilines is 2. The summed E-state index contributed by atoms with van der Waals surface area (Å²) in [6, 6.07) is 24.2. The lowest BCUT2D eigenvalue weighted by atomic mass is 10.0. The van der Waals surface area contributed by atoms with E-state index in [0.29, 0.717) is 11.3 Å². The molecular weight excluding hydrogens is 472 g/mol. The van der Waals surface area contributed by atoms with Crippen LogP contribution in [0.15, 0.2) is 83.9 Å². The Labute approximate surface area is 214 Å². The number of likely N-dealkylation sites (tertiary alicyclic amines) is 1. The minimum Gasteiger partial charge on any atom is -0.351 e. The van der Waals surface area contributed by atoms with Crippen LogP contribution in [0.4, 0.5) is 11.4 Å². The molecule has 8 heteroatoms. The zero-order valence-corrected chi connectivity index (χ0v) is 20.5. The second kappa shape index (κ2) is 10.8. The SMILES string of the molecule is O=C(CC1SC(N2CCCC2)=NC1=O)Nc1ccc(C(=O)Nc2ccccc2-c2ccccc2)cc1. The zero-order chi connectivity index (χ0) is 24.9. The van der Waals surface area contributed by atoms with Gasteiger partial charge in [-0.3, -0.25) is 14.4 Å². The average molecular weight is 499 g/mol. The molecule has 36 heavy (non-hydrogen) atoms. The van der Waals surface area contributed by atoms with Crippen LogP contribution in [0.3, 0.4) is 0 Å². The largest absolute Gasteiger partial charge is 0.351 e. The second-order valence-corrected chi connectivity index (χ2v) is 9.90. The number of aliphatic imine (C=N–C) groups is 1. The van der Waals surface area contributed by atoms with E-state index >= 15 is 0 Å². The van der Waals surface area contributed by atoms with E-state index in [1.165, 1.54) is 11.8 Å². The number of hydrogen-bond donors (Lipinski definition) is 2. The number of rotatable bonds is 6. The topological polar surface area (TPSA) is 90.9 Å². The molecule has 0 aliphatic carbocycles. The highest BCUT2D eigenvalue weighted by Gasteiger charge is 2.33. The minimum atomic E-state index is -0.490. The van der Waals surface area contributed by atoms with E-state index in [-0.39, 0.29) is 24.1 Å². The molecule has 1 saturated heterocycles. The van der Waals surface area contributed by atoms with Gasteiger partial charge in [0, 0.05) is 42.0 Å². The maximum absolute atomic E-state index is 12.9. The molecule has 3 aromatic carbocycles. The molecule has 0 bridgehead atoms. The fourth-order valence-corrected chi connectivity index (χ4v) is 5.41. The Morgan fingerprint density at radius 2 is 1.58 bits per heavy atom. The highest BCUT2D eigenvalue weighted by Crippen LogP contribution is 2.30. The van der Waals surface area contributed by atoms with E-state index in [1.807, 2.05) is 54.6 Å². The van der Waals surface area contributed by atoms with Crippen molar-refractivity contribution in [3.05, 3.63) is 84.4 Å². The van der Waals surface area contributed by atoms with Crippen LogP contribution in [-0.4, -0.2) is 46.1 Å². The van der Waals surface area contributed by atoms with Gasteiger partial charge in [-0.1, -0.05) is 60.3 Å². The summed E-state index contributed by atoms with van der Waals surface area (Å²) in [4.78, 5) is 43.9. The number of amides is 3. The van der Waals surface area contributed by atoms with Crippen LogP contribution >= 0.6 is 11.8 Å². The number of carbonyl (C=O) groups is 3. The van der Waals surface area contributed by atoms with Gasteiger partial charge >= 0.3 is 0 Å². The Kier molecular flexibility index (Phi) is 7.13. The van der Waals surface area contributed by atoms with Crippen molar-refractivity contribution in [1.82, 2.24) is 4.90 Å². The molecule has 2 aliphatic rings. The highest BCUT2D eigenvalue weighted by atomic mass is 32.2. The van der Waals surface area contributed by atoms with Crippen molar-refractivity contribution in [2.24, 2.45) is 4.99 Å². The summed E-state index contributed by atoms with van der Waals surface area (Å²) in [5.74, 6) is -0.747. The molecule has 1 unspecified atom stereocenters. The molecule has 5 rings (SSSR count). The normalized spacial score (nSPS) is 17.1. The third-order valence-corrected chi connectivity index (χ3v) is 7.38. The Morgan fingerprint density at radius 3 is 2.33 bits per heavy atom. The van der Waals surface area contributed by atoms with Crippen molar-refractivity contribution in [3.8, 4) is 11.1 Å². The monoisotopic (exact) mass is 498 g/mol. The standard InChI is InChI=1S/C28H26N4O3S/c33-25(18-24-27(35)31-28(36-24)32-16-6-7-17-32)29-21-14-12-20(13-15-21)26(34)30-23-11-5-4-10-22(23)19-8-2-1-3-9-19/h1-5,8-15,24H,6-7,16-18H2,(H,29,33)(H,30,34). The maximum atomic E-state index is 12.9. The number of amidine groups is 1. The van der Waals surface area contributed by atoms with Gasteiger partial charge in [-0.05, 0) is 48.7 Å². The molecule has 2 N–H and O–H groups in total. The van der Waals surface area contributed by atoms with E-state index in [4.69, 9.17) is 0 Å². The van der Waals surface area contributed by atoms with Crippen LogP contribution in [0.2, 0.25) is 0 Å². The molecule has 0 radical (unpaired) electrons. The smallest absolute Gasteiger partial charge is 0.262 e. The van der Waals surface area contributed by atoms with Gasteiger partial charge in [0.25, 0.3) is 11.8 Å². The summed E-state index contributed by atoms with van der Waals surface area (Å²) in [6.45, 7) is 1.82. The van der Waals surface area contributed by atoms with Crippen LogP contribution in [-0.2, 0) is 9.59 Å². The molecule has 2 aliphatic heterocycles. The van der Waals surface area contributed by atoms with E-state index in [2.05, 4.69) is 20.5 Å². The molecule has 1 atom stereocenters. The first-order valence-corrected chi connectivity index (χ1v) is 12.8. The number of thioether (sulfide) groups is 1. The Morgan fingerprint density at radius 1 is 0.889 bits per heavy atom. The molecule has 3 aromatic rings. The lowest BCUT2D eigenvalue weighted by Crippen LogP contribution is -2.25. The lowest BCUT2D eigenvalue weighted by molar-refractivity contribution is -0.121. The average Bonchev–Trinajstić information content (AvgIpc) is 3.56. The van der Waals surface area contributed by atoms with Crippen molar-refractivity contribution < 1.29 is 14.4 Å². The molecule has 0 saturated carbocycles. The molecule has 7 nitrogen and oxygen atoms in total. The van der Waals surface area contributed by atoms with E-state index in [0.717, 1.165) is 47.9 Å². The molecule has 2 heterocycles. The summed E-state index contributed by atoms with van der Waals surface area (Å²) in [7, 11) is 0. The number of carbonyl (C=O) groups excluding carboxylic acids is 3. The van der Waals surface area contributed by atoms with E-state index in [9.17, 15) is 14.4 Å². The lowest BCUT2D eigenvalue weighted by Gasteiger charge is -2.16. The van der Waals surface area contributed by atoms with Crippen molar-refractivity contribution in [3.63, 3.8) is 0 Å². The van der Waals surface area contributed by atoms with Gasteiger partial charge in [0.05, 0.1) is 0 Å². The van der Waals surface area contributed by atoms with Crippen LogP contribution in [0.1, 0.15) is 29.6 Å². The first-order chi connectivity index (χ1) is 17.6. The summed E-state index contributed by atoms with van der Waals surface area (Å²) in [5.41, 5.74) is 3.72. The molecule has 182 valence electrons. The van der Waals surface area contributed by atoms with Crippen molar-refractivity contribution in [1.29, 1.82) is 0 Å². The Balaban J connectivity index is 1.17. The van der Waals surface area contributed by atoms with Gasteiger partial charge in [0.2, 0.25) is 5.91 Å². The Bertz CT molecular complexity index is 1300. The van der Waals surface area contributed by atoms with Crippen LogP contribution in [0.5, 0.6) is 0 Å². The number of nitrogens with one attached hydrogen (secondary N) is 2. The minimum absolute atomic E-state index is 0.0584. The first-order valence-electron chi connectivity index (χ1n) is 12.0. The number of para-hydroxylation sites is 1. The fourth-order valence-electron chi connectivity index (χ4n) is 4.29. The Hall–Kier alpha value is -3.91. The van der Waals surface area contributed by atoms with Gasteiger partial charge in [-0.15, -0.1) is 0 Å². The van der Waals surface area contributed by atoms with Gasteiger partial charge in [-0.2, -0.15) is 4.99 Å². The summed E-state index contributed by atoms with van der Waals surface area (Å²) in [5, 5.41) is 6.05. The van der Waals surface area contributed by atoms with Gasteiger partial charge in [-0.25, -0.2) is 0 Å².